The summed E-state index contributed by atoms with van der Waals surface area (Å²) in [6.45, 7) is 2.18. The monoisotopic (exact) mass is 447 g/mol. The second-order valence-electron chi connectivity index (χ2n) is 10.2. The van der Waals surface area contributed by atoms with E-state index in [1.165, 1.54) is 34.9 Å². The molecule has 1 N–H and O–H groups in total. The molecule has 170 valence electrons. The van der Waals surface area contributed by atoms with Crippen LogP contribution in [0.15, 0.2) is 48.0 Å². The molecule has 33 heavy (non-hydrogen) atoms. The molecule has 1 heterocycles. The minimum absolute atomic E-state index is 0.0596. The van der Waals surface area contributed by atoms with Crippen LogP contribution in [0.25, 0.3) is 11.6 Å². The molecule has 2 aromatic rings. The van der Waals surface area contributed by atoms with Gasteiger partial charge < -0.3 is 5.11 Å². The van der Waals surface area contributed by atoms with Gasteiger partial charge in [0.1, 0.15) is 11.6 Å². The maximum Gasteiger partial charge on any atom is 0.328 e. The smallest absolute Gasteiger partial charge is 0.328 e. The van der Waals surface area contributed by atoms with Crippen LogP contribution in [0.2, 0.25) is 0 Å². The molecule has 4 aliphatic carbocycles. The van der Waals surface area contributed by atoms with Gasteiger partial charge in [-0.3, -0.25) is 4.90 Å². The molecule has 0 aromatic heterocycles. The van der Waals surface area contributed by atoms with Gasteiger partial charge in [0.05, 0.1) is 6.04 Å². The second-order valence-corrected chi connectivity index (χ2v) is 10.2. The largest absolute Gasteiger partial charge is 0.478 e. The Morgan fingerprint density at radius 2 is 1.88 bits per heavy atom. The minimum Gasteiger partial charge on any atom is -0.478 e. The number of benzene rings is 2. The third-order valence-corrected chi connectivity index (χ3v) is 8.37. The van der Waals surface area contributed by atoms with Crippen LogP contribution < -0.4 is 0 Å². The van der Waals surface area contributed by atoms with Gasteiger partial charge in [-0.2, -0.15) is 0 Å². The quantitative estimate of drug-likeness (QED) is 0.559. The maximum atomic E-state index is 15.7. The highest BCUT2D eigenvalue weighted by atomic mass is 19.1. The topological polar surface area (TPSA) is 40.5 Å². The average molecular weight is 448 g/mol. The van der Waals surface area contributed by atoms with Crippen LogP contribution >= 0.6 is 0 Å². The Hall–Kier alpha value is -2.79. The molecule has 0 spiro atoms. The first kappa shape index (κ1) is 20.8. The summed E-state index contributed by atoms with van der Waals surface area (Å²) >= 11 is 0. The molecule has 2 aromatic carbocycles. The highest BCUT2D eigenvalue weighted by Gasteiger charge is 2.63. The van der Waals surface area contributed by atoms with Crippen molar-refractivity contribution in [2.75, 3.05) is 0 Å². The molecular weight excluding hydrogens is 420 g/mol. The Labute approximate surface area is 192 Å². The third-order valence-electron chi connectivity index (χ3n) is 8.37. The van der Waals surface area contributed by atoms with Gasteiger partial charge >= 0.3 is 5.97 Å². The number of fused-ring (bicyclic) bond motifs is 2. The summed E-state index contributed by atoms with van der Waals surface area (Å²) in [4.78, 5) is 13.3. The summed E-state index contributed by atoms with van der Waals surface area (Å²) in [5, 5.41) is 8.89. The normalized spacial score (nSPS) is 30.1. The van der Waals surface area contributed by atoms with Crippen molar-refractivity contribution in [3.05, 3.63) is 81.9 Å². The number of hydrogen-bond donors (Lipinski definition) is 1. The van der Waals surface area contributed by atoms with Gasteiger partial charge in [0.25, 0.3) is 0 Å². The Kier molecular flexibility index (Phi) is 4.64. The molecular formula is C28H27F2NO2. The summed E-state index contributed by atoms with van der Waals surface area (Å²) in [5.41, 5.74) is 5.27. The molecule has 2 bridgehead atoms. The van der Waals surface area contributed by atoms with Crippen molar-refractivity contribution in [2.45, 2.75) is 63.1 Å². The van der Waals surface area contributed by atoms with Crippen LogP contribution in [0.3, 0.4) is 0 Å². The SMILES string of the molecule is CC[C@@H]1CC2=C(Cc3ccccc32)[C@@H](c2c(F)cc(/C=C/C(=O)O)cc2F)N1C12CC(C1)C2. The lowest BCUT2D eigenvalue weighted by Crippen LogP contribution is -2.71. The molecule has 3 fully saturated rings. The van der Waals surface area contributed by atoms with Gasteiger partial charge in [0.15, 0.2) is 0 Å². The molecule has 0 saturated heterocycles. The standard InChI is InChI=1S/C28H27F2NO2/c1-2-19-12-21-20-6-4-3-5-18(20)11-22(21)27(31(19)28-13-17(14-28)15-28)26-23(29)9-16(10-24(26)30)7-8-25(32)33/h3-10,17,19,27H,2,11-15H2,1H3,(H,32,33)/b8-7+/t17?,19-,27+,28?/m1/s1. The van der Waals surface area contributed by atoms with Crippen LogP contribution in [-0.2, 0) is 11.2 Å². The summed E-state index contributed by atoms with van der Waals surface area (Å²) in [7, 11) is 0. The van der Waals surface area contributed by atoms with Crippen molar-refractivity contribution >= 4 is 17.6 Å². The number of hydrogen-bond acceptors (Lipinski definition) is 2. The lowest BCUT2D eigenvalue weighted by Gasteiger charge is -2.70. The van der Waals surface area contributed by atoms with Crippen LogP contribution in [0.4, 0.5) is 8.78 Å². The number of rotatable bonds is 5. The van der Waals surface area contributed by atoms with E-state index >= 15 is 8.78 Å². The zero-order valence-corrected chi connectivity index (χ0v) is 18.7. The first-order valence-electron chi connectivity index (χ1n) is 11.9. The molecule has 0 unspecified atom stereocenters. The summed E-state index contributed by atoms with van der Waals surface area (Å²) in [6.07, 6.45) is 8.10. The first-order chi connectivity index (χ1) is 15.9. The van der Waals surface area contributed by atoms with Crippen molar-refractivity contribution in [1.29, 1.82) is 0 Å². The number of nitrogens with zero attached hydrogens (tertiary/aromatic N) is 1. The van der Waals surface area contributed by atoms with Gasteiger partial charge in [0.2, 0.25) is 0 Å². The summed E-state index contributed by atoms with van der Waals surface area (Å²) in [5.74, 6) is -1.58. The first-order valence-corrected chi connectivity index (χ1v) is 11.9. The van der Waals surface area contributed by atoms with Crippen molar-refractivity contribution in [3.8, 4) is 0 Å². The van der Waals surface area contributed by atoms with E-state index in [1.807, 2.05) is 12.1 Å². The summed E-state index contributed by atoms with van der Waals surface area (Å²) in [6, 6.07) is 10.7. The number of aliphatic carboxylic acids is 1. The Morgan fingerprint density at radius 3 is 2.48 bits per heavy atom. The molecule has 0 amide bonds. The number of carboxylic acid groups (broad SMARTS) is 1. The highest BCUT2D eigenvalue weighted by Crippen LogP contribution is 2.66. The number of carbonyl (C=O) groups is 1. The molecule has 2 atom stereocenters. The Balaban J connectivity index is 1.51. The van der Waals surface area contributed by atoms with Crippen LogP contribution in [0, 0.1) is 17.6 Å². The lowest BCUT2D eigenvalue weighted by molar-refractivity contribution is -0.176. The summed E-state index contributed by atoms with van der Waals surface area (Å²) < 4.78 is 31.3. The van der Waals surface area contributed by atoms with Crippen LogP contribution in [0.1, 0.15) is 67.3 Å². The van der Waals surface area contributed by atoms with Gasteiger partial charge in [-0.25, -0.2) is 13.6 Å². The fourth-order valence-corrected chi connectivity index (χ4v) is 6.86. The van der Waals surface area contributed by atoms with Gasteiger partial charge in [-0.1, -0.05) is 31.2 Å². The van der Waals surface area contributed by atoms with E-state index < -0.39 is 23.6 Å². The maximum absolute atomic E-state index is 15.7. The zero-order valence-electron chi connectivity index (χ0n) is 18.7. The van der Waals surface area contributed by atoms with E-state index in [1.54, 1.807) is 0 Å². The van der Waals surface area contributed by atoms with E-state index in [4.69, 9.17) is 5.11 Å². The van der Waals surface area contributed by atoms with E-state index in [0.29, 0.717) is 0 Å². The number of halogens is 2. The fourth-order valence-electron chi connectivity index (χ4n) is 6.86. The second kappa shape index (κ2) is 7.36. The number of carboxylic acids is 1. The Bertz CT molecular complexity index is 1190. The highest BCUT2D eigenvalue weighted by molar-refractivity contribution is 5.85. The van der Waals surface area contributed by atoms with E-state index in [2.05, 4.69) is 24.0 Å². The van der Waals surface area contributed by atoms with E-state index in [-0.39, 0.29) is 22.7 Å². The molecule has 5 heteroatoms. The van der Waals surface area contributed by atoms with Gasteiger partial charge in [0, 0.05) is 23.2 Å². The predicted octanol–water partition coefficient (Wildman–Crippen LogP) is 6.15. The van der Waals surface area contributed by atoms with Crippen molar-refractivity contribution in [2.24, 2.45) is 5.92 Å². The fraction of sp³-hybridized carbons (Fsp3) is 0.393. The molecule has 1 aliphatic heterocycles. The van der Waals surface area contributed by atoms with Crippen molar-refractivity contribution in [3.63, 3.8) is 0 Å². The van der Waals surface area contributed by atoms with Crippen molar-refractivity contribution in [1.82, 2.24) is 4.90 Å². The van der Waals surface area contributed by atoms with Gasteiger partial charge in [-0.05, 0) is 90.5 Å². The third kappa shape index (κ3) is 3.05. The zero-order chi connectivity index (χ0) is 22.9. The van der Waals surface area contributed by atoms with E-state index in [9.17, 15) is 4.79 Å². The minimum atomic E-state index is -1.15. The average Bonchev–Trinajstić information content (AvgIpc) is 3.08. The molecule has 3 saturated carbocycles. The van der Waals surface area contributed by atoms with Crippen LogP contribution in [0.5, 0.6) is 0 Å². The van der Waals surface area contributed by atoms with Crippen molar-refractivity contribution < 1.29 is 18.7 Å². The molecule has 7 rings (SSSR count). The Morgan fingerprint density at radius 1 is 1.18 bits per heavy atom. The van der Waals surface area contributed by atoms with Gasteiger partial charge in [-0.15, -0.1) is 0 Å². The molecule has 0 radical (unpaired) electrons. The molecule has 3 nitrogen and oxygen atoms in total. The van der Waals surface area contributed by atoms with E-state index in [0.717, 1.165) is 56.1 Å². The lowest BCUT2D eigenvalue weighted by atomic mass is 9.48. The predicted molar refractivity (Wildman–Crippen MR) is 123 cm³/mol. The van der Waals surface area contributed by atoms with Crippen LogP contribution in [-0.4, -0.2) is 27.6 Å². The molecule has 5 aliphatic rings.